The summed E-state index contributed by atoms with van der Waals surface area (Å²) in [7, 11) is 1.60. The Morgan fingerprint density at radius 3 is 2.66 bits per heavy atom. The predicted octanol–water partition coefficient (Wildman–Crippen LogP) is 6.33. The van der Waals surface area contributed by atoms with Crippen molar-refractivity contribution in [2.45, 2.75) is 52.6 Å². The number of halogens is 2. The van der Waals surface area contributed by atoms with Gasteiger partial charge in [0.05, 0.1) is 30.3 Å². The summed E-state index contributed by atoms with van der Waals surface area (Å²) in [5.41, 5.74) is 1.24. The van der Waals surface area contributed by atoms with E-state index in [0.29, 0.717) is 34.6 Å². The normalized spacial score (nSPS) is 12.4. The Hall–Kier alpha value is -2.19. The van der Waals surface area contributed by atoms with E-state index < -0.39 is 0 Å². The number of methoxy groups -OCH3 is 1. The molecule has 1 aromatic heterocycles. The summed E-state index contributed by atoms with van der Waals surface area (Å²) in [5.74, 6) is 1.90. The van der Waals surface area contributed by atoms with Crippen molar-refractivity contribution in [2.24, 2.45) is 5.10 Å². The maximum atomic E-state index is 13.2. The molecule has 0 aliphatic rings. The fraction of sp³-hybridized carbons (Fsp3) is 0.375. The Morgan fingerprint density at radius 1 is 1.19 bits per heavy atom. The van der Waals surface area contributed by atoms with E-state index in [2.05, 4.69) is 50.8 Å². The molecule has 0 aliphatic heterocycles. The van der Waals surface area contributed by atoms with Crippen LogP contribution in [0.25, 0.3) is 10.9 Å². The van der Waals surface area contributed by atoms with Gasteiger partial charge in [-0.3, -0.25) is 4.79 Å². The maximum Gasteiger partial charge on any atom is 0.282 e. The van der Waals surface area contributed by atoms with Crippen molar-refractivity contribution in [3.63, 3.8) is 0 Å². The van der Waals surface area contributed by atoms with E-state index in [1.54, 1.807) is 19.4 Å². The van der Waals surface area contributed by atoms with Gasteiger partial charge >= 0.3 is 0 Å². The molecule has 0 unspecified atom stereocenters. The van der Waals surface area contributed by atoms with Crippen LogP contribution in [0.1, 0.15) is 51.4 Å². The van der Waals surface area contributed by atoms with Gasteiger partial charge in [-0.2, -0.15) is 9.78 Å². The molecule has 0 amide bonds. The van der Waals surface area contributed by atoms with Crippen molar-refractivity contribution in [3.8, 4) is 11.5 Å². The van der Waals surface area contributed by atoms with Gasteiger partial charge in [0, 0.05) is 20.9 Å². The Balaban J connectivity index is 2.07. The molecule has 0 radical (unpaired) electrons. The van der Waals surface area contributed by atoms with Crippen LogP contribution in [0.15, 0.2) is 49.2 Å². The lowest BCUT2D eigenvalue weighted by molar-refractivity contribution is 0.207. The number of fused-ring (bicyclic) bond motifs is 1. The van der Waals surface area contributed by atoms with Crippen LogP contribution in [0.5, 0.6) is 11.5 Å². The van der Waals surface area contributed by atoms with E-state index in [1.165, 1.54) is 4.68 Å². The average Bonchev–Trinajstić information content (AvgIpc) is 2.78. The minimum absolute atomic E-state index is 0.0676. The molecule has 170 valence electrons. The zero-order valence-corrected chi connectivity index (χ0v) is 21.9. The van der Waals surface area contributed by atoms with Gasteiger partial charge in [0.2, 0.25) is 0 Å². The molecule has 0 spiro atoms. The Labute approximate surface area is 204 Å². The van der Waals surface area contributed by atoms with E-state index in [-0.39, 0.29) is 11.7 Å². The first kappa shape index (κ1) is 24.5. The van der Waals surface area contributed by atoms with Gasteiger partial charge in [-0.25, -0.2) is 4.98 Å². The molecular weight excluding hydrogens is 538 g/mol. The molecule has 1 heterocycles. The van der Waals surface area contributed by atoms with Crippen LogP contribution in [-0.4, -0.2) is 29.1 Å². The lowest BCUT2D eigenvalue weighted by atomic mass is 10.2. The molecule has 8 heteroatoms. The summed E-state index contributed by atoms with van der Waals surface area (Å²) in [4.78, 5) is 17.9. The van der Waals surface area contributed by atoms with Crippen LogP contribution in [0.2, 0.25) is 0 Å². The molecule has 3 aromatic rings. The van der Waals surface area contributed by atoms with Gasteiger partial charge in [-0.15, -0.1) is 0 Å². The molecule has 0 bridgehead atoms. The Kier molecular flexibility index (Phi) is 8.48. The number of nitrogens with zero attached hydrogens (tertiary/aromatic N) is 3. The zero-order chi connectivity index (χ0) is 23.3. The maximum absolute atomic E-state index is 13.2. The quantitative estimate of drug-likeness (QED) is 0.285. The molecule has 32 heavy (non-hydrogen) atoms. The smallest absolute Gasteiger partial charge is 0.282 e. The predicted molar refractivity (Wildman–Crippen MR) is 136 cm³/mol. The first-order valence-electron chi connectivity index (χ1n) is 10.7. The number of aryl methyl sites for hydroxylation is 1. The van der Waals surface area contributed by atoms with Crippen LogP contribution in [-0.2, 0) is 6.42 Å². The summed E-state index contributed by atoms with van der Waals surface area (Å²) < 4.78 is 14.5. The second kappa shape index (κ2) is 11.1. The number of ether oxygens (including phenoxy) is 2. The summed E-state index contributed by atoms with van der Waals surface area (Å²) in [6.07, 6.45) is 5.18. The van der Waals surface area contributed by atoms with Crippen molar-refractivity contribution in [1.82, 2.24) is 9.66 Å². The molecule has 3 rings (SSSR count). The van der Waals surface area contributed by atoms with E-state index in [9.17, 15) is 4.79 Å². The molecule has 0 saturated carbocycles. The van der Waals surface area contributed by atoms with Crippen LogP contribution in [0, 0.1) is 0 Å². The van der Waals surface area contributed by atoms with Gasteiger partial charge < -0.3 is 9.47 Å². The van der Waals surface area contributed by atoms with Crippen LogP contribution in [0.3, 0.4) is 0 Å². The minimum Gasteiger partial charge on any atom is -0.493 e. The first-order valence-corrected chi connectivity index (χ1v) is 12.3. The lowest BCUT2D eigenvalue weighted by Gasteiger charge is -2.16. The first-order chi connectivity index (χ1) is 15.4. The summed E-state index contributed by atoms with van der Waals surface area (Å²) in [6, 6.07) is 9.22. The van der Waals surface area contributed by atoms with E-state index >= 15 is 0 Å². The topological polar surface area (TPSA) is 65.7 Å². The minimum atomic E-state index is -0.196. The average molecular weight is 565 g/mol. The van der Waals surface area contributed by atoms with Gasteiger partial charge in [-0.05, 0) is 66.0 Å². The molecule has 2 aromatic carbocycles. The van der Waals surface area contributed by atoms with Crippen LogP contribution >= 0.6 is 31.9 Å². The number of rotatable bonds is 9. The number of aromatic nitrogens is 2. The van der Waals surface area contributed by atoms with Gasteiger partial charge in [0.1, 0.15) is 5.82 Å². The molecule has 0 N–H and O–H groups in total. The van der Waals surface area contributed by atoms with E-state index in [0.717, 1.165) is 33.8 Å². The highest BCUT2D eigenvalue weighted by atomic mass is 79.9. The highest BCUT2D eigenvalue weighted by Crippen LogP contribution is 2.34. The van der Waals surface area contributed by atoms with Crippen molar-refractivity contribution in [1.29, 1.82) is 0 Å². The highest BCUT2D eigenvalue weighted by molar-refractivity contribution is 9.10. The van der Waals surface area contributed by atoms with Crippen molar-refractivity contribution in [3.05, 3.63) is 61.0 Å². The fourth-order valence-electron chi connectivity index (χ4n) is 3.13. The molecular formula is C24H27Br2N3O3. The SMILES string of the molecule is CCCCc1nc2ccc(Br)cc2c(=O)n1N=Cc1cc(OC)c(O[C@@H](C)CC)cc1Br. The van der Waals surface area contributed by atoms with Crippen molar-refractivity contribution >= 4 is 49.0 Å². The van der Waals surface area contributed by atoms with Crippen LogP contribution < -0.4 is 15.0 Å². The molecule has 6 nitrogen and oxygen atoms in total. The molecule has 1 atom stereocenters. The third kappa shape index (κ3) is 5.59. The zero-order valence-electron chi connectivity index (χ0n) is 18.7. The third-order valence-electron chi connectivity index (χ3n) is 5.13. The molecule has 0 aliphatic carbocycles. The van der Waals surface area contributed by atoms with E-state index in [4.69, 9.17) is 14.5 Å². The number of hydrogen-bond donors (Lipinski definition) is 0. The number of benzene rings is 2. The van der Waals surface area contributed by atoms with Crippen molar-refractivity contribution in [2.75, 3.05) is 7.11 Å². The molecule has 0 saturated heterocycles. The monoisotopic (exact) mass is 563 g/mol. The summed E-state index contributed by atoms with van der Waals surface area (Å²) in [5, 5.41) is 5.05. The van der Waals surface area contributed by atoms with Crippen LogP contribution in [0.4, 0.5) is 0 Å². The largest absolute Gasteiger partial charge is 0.493 e. The number of hydrogen-bond acceptors (Lipinski definition) is 5. The highest BCUT2D eigenvalue weighted by Gasteiger charge is 2.14. The summed E-state index contributed by atoms with van der Waals surface area (Å²) in [6.45, 7) is 6.19. The standard InChI is InChI=1S/C24H27Br2N3O3/c1-5-7-8-23-28-20-10-9-17(25)12-18(20)24(30)29(23)27-14-16-11-21(31-4)22(13-19(16)26)32-15(3)6-2/h9-15H,5-8H2,1-4H3/t15-/m0/s1. The van der Waals surface area contributed by atoms with Gasteiger partial charge in [0.15, 0.2) is 11.5 Å². The second-order valence-electron chi connectivity index (χ2n) is 7.52. The lowest BCUT2D eigenvalue weighted by Crippen LogP contribution is -2.22. The fourth-order valence-corrected chi connectivity index (χ4v) is 3.92. The Bertz CT molecular complexity index is 1190. The molecule has 0 fully saturated rings. The van der Waals surface area contributed by atoms with Crippen molar-refractivity contribution < 1.29 is 9.47 Å². The third-order valence-corrected chi connectivity index (χ3v) is 6.31. The second-order valence-corrected chi connectivity index (χ2v) is 9.29. The van der Waals surface area contributed by atoms with Gasteiger partial charge in [0.25, 0.3) is 5.56 Å². The van der Waals surface area contributed by atoms with E-state index in [1.807, 2.05) is 31.2 Å². The summed E-state index contributed by atoms with van der Waals surface area (Å²) >= 11 is 7.02. The number of unbranched alkanes of at least 4 members (excludes halogenated alkanes) is 1. The van der Waals surface area contributed by atoms with Gasteiger partial charge in [-0.1, -0.05) is 36.2 Å². The Morgan fingerprint density at radius 2 is 1.97 bits per heavy atom.